The van der Waals surface area contributed by atoms with Crippen LogP contribution in [0.5, 0.6) is 5.75 Å². The Morgan fingerprint density at radius 2 is 2.20 bits per heavy atom. The Hall–Kier alpha value is -0.870. The predicted molar refractivity (Wildman–Crippen MR) is 80.3 cm³/mol. The van der Waals surface area contributed by atoms with Gasteiger partial charge in [-0.25, -0.2) is 0 Å². The molecule has 1 fully saturated rings. The first-order chi connectivity index (χ1) is 9.72. The van der Waals surface area contributed by atoms with Gasteiger partial charge < -0.3 is 9.47 Å². The summed E-state index contributed by atoms with van der Waals surface area (Å²) >= 11 is 3.53. The number of carbonyl (C=O) groups excluding carboxylic acids is 1. The van der Waals surface area contributed by atoms with Crippen LogP contribution in [-0.4, -0.2) is 25.1 Å². The first-order valence-electron chi connectivity index (χ1n) is 7.30. The molecular weight excluding hydrogens is 320 g/mol. The maximum absolute atomic E-state index is 11.7. The van der Waals surface area contributed by atoms with E-state index in [4.69, 9.17) is 9.47 Å². The third-order valence-electron chi connectivity index (χ3n) is 4.01. The van der Waals surface area contributed by atoms with E-state index in [2.05, 4.69) is 22.0 Å². The molecule has 0 N–H and O–H groups in total. The second kappa shape index (κ2) is 6.27. The molecule has 20 heavy (non-hydrogen) atoms. The Bertz CT molecular complexity index is 507. The van der Waals surface area contributed by atoms with Gasteiger partial charge in [-0.3, -0.25) is 4.79 Å². The number of fused-ring (bicyclic) bond motifs is 1. The Labute approximate surface area is 127 Å². The van der Waals surface area contributed by atoms with Gasteiger partial charge in [-0.2, -0.15) is 0 Å². The number of hydrogen-bond donors (Lipinski definition) is 0. The van der Waals surface area contributed by atoms with E-state index in [0.29, 0.717) is 25.2 Å². The number of hydrogen-bond acceptors (Lipinski definition) is 3. The zero-order valence-electron chi connectivity index (χ0n) is 11.5. The van der Waals surface area contributed by atoms with Crippen LogP contribution in [0, 0.1) is 0 Å². The maximum atomic E-state index is 11.7. The van der Waals surface area contributed by atoms with Crippen LogP contribution in [0.1, 0.15) is 36.8 Å². The van der Waals surface area contributed by atoms with Crippen LogP contribution >= 0.6 is 15.9 Å². The summed E-state index contributed by atoms with van der Waals surface area (Å²) in [7, 11) is 0. The van der Waals surface area contributed by atoms with Gasteiger partial charge in [0.05, 0.1) is 6.10 Å². The van der Waals surface area contributed by atoms with E-state index in [1.165, 1.54) is 12.0 Å². The highest BCUT2D eigenvalue weighted by Gasteiger charge is 2.21. The molecule has 1 atom stereocenters. The number of halogens is 1. The predicted octanol–water partition coefficient (Wildman–Crippen LogP) is 3.45. The van der Waals surface area contributed by atoms with E-state index in [-0.39, 0.29) is 6.10 Å². The van der Waals surface area contributed by atoms with Crippen molar-refractivity contribution < 1.29 is 14.3 Å². The Balaban J connectivity index is 1.74. The molecule has 108 valence electrons. The Kier molecular flexibility index (Phi) is 4.41. The molecule has 1 aromatic rings. The molecule has 3 rings (SSSR count). The van der Waals surface area contributed by atoms with Crippen molar-refractivity contribution in [2.24, 2.45) is 0 Å². The van der Waals surface area contributed by atoms with E-state index in [0.717, 1.165) is 41.7 Å². The lowest BCUT2D eigenvalue weighted by Gasteiger charge is -2.25. The number of ether oxygens (including phenoxy) is 2. The molecule has 0 saturated carbocycles. The third kappa shape index (κ3) is 3.23. The lowest BCUT2D eigenvalue weighted by atomic mass is 9.90. The van der Waals surface area contributed by atoms with Crippen molar-refractivity contribution in [3.05, 3.63) is 27.7 Å². The van der Waals surface area contributed by atoms with Crippen molar-refractivity contribution in [1.29, 1.82) is 0 Å². The summed E-state index contributed by atoms with van der Waals surface area (Å²) in [6.45, 7) is 1.42. The number of rotatable bonds is 3. The minimum Gasteiger partial charge on any atom is -0.491 e. The van der Waals surface area contributed by atoms with Crippen molar-refractivity contribution in [3.63, 3.8) is 0 Å². The van der Waals surface area contributed by atoms with Gasteiger partial charge in [-0.15, -0.1) is 0 Å². The molecule has 0 aromatic heterocycles. The zero-order chi connectivity index (χ0) is 13.9. The summed E-state index contributed by atoms with van der Waals surface area (Å²) in [4.78, 5) is 11.7. The minimum absolute atomic E-state index is 0.192. The molecule has 1 aliphatic carbocycles. The summed E-state index contributed by atoms with van der Waals surface area (Å²) in [5.74, 6) is 1.15. The van der Waals surface area contributed by atoms with E-state index >= 15 is 0 Å². The molecule has 1 aliphatic heterocycles. The number of Topliss-reactive ketones (excluding diaryl/α,β-unsaturated/α-hetero) is 1. The summed E-state index contributed by atoms with van der Waals surface area (Å²) < 4.78 is 12.7. The van der Waals surface area contributed by atoms with Crippen LogP contribution in [0.3, 0.4) is 0 Å². The largest absolute Gasteiger partial charge is 0.491 e. The van der Waals surface area contributed by atoms with Gasteiger partial charge in [0, 0.05) is 29.5 Å². The fourth-order valence-corrected chi connectivity index (χ4v) is 3.38. The standard InChI is InChI=1S/C16H19BrO3/c17-12-7-11-4-5-13(18)9-15(11)16(8-12)20-10-14-3-1-2-6-19-14/h7-8,14H,1-6,9-10H2. The quantitative estimate of drug-likeness (QED) is 0.846. The van der Waals surface area contributed by atoms with Crippen molar-refractivity contribution in [3.8, 4) is 5.75 Å². The maximum Gasteiger partial charge on any atom is 0.137 e. The van der Waals surface area contributed by atoms with E-state index in [1.807, 2.05) is 6.07 Å². The summed E-state index contributed by atoms with van der Waals surface area (Å²) in [5, 5.41) is 0. The first kappa shape index (κ1) is 14.1. The molecule has 0 bridgehead atoms. The topological polar surface area (TPSA) is 35.5 Å². The molecule has 4 heteroatoms. The number of ketones is 1. The highest BCUT2D eigenvalue weighted by atomic mass is 79.9. The first-order valence-corrected chi connectivity index (χ1v) is 8.09. The summed E-state index contributed by atoms with van der Waals surface area (Å²) in [6, 6.07) is 4.08. The molecule has 1 heterocycles. The normalized spacial score (nSPS) is 22.4. The monoisotopic (exact) mass is 338 g/mol. The van der Waals surface area contributed by atoms with Crippen LogP contribution in [0.2, 0.25) is 0 Å². The van der Waals surface area contributed by atoms with Crippen LogP contribution in [0.25, 0.3) is 0 Å². The molecule has 2 aliphatic rings. The van der Waals surface area contributed by atoms with Crippen LogP contribution in [0.15, 0.2) is 16.6 Å². The van der Waals surface area contributed by atoms with Crippen LogP contribution in [-0.2, 0) is 22.4 Å². The van der Waals surface area contributed by atoms with Crippen molar-refractivity contribution in [2.45, 2.75) is 44.6 Å². The van der Waals surface area contributed by atoms with Gasteiger partial charge in [0.15, 0.2) is 0 Å². The van der Waals surface area contributed by atoms with Gasteiger partial charge in [0.25, 0.3) is 0 Å². The average molecular weight is 339 g/mol. The minimum atomic E-state index is 0.192. The zero-order valence-corrected chi connectivity index (χ0v) is 13.1. The fraction of sp³-hybridized carbons (Fsp3) is 0.562. The number of benzene rings is 1. The van der Waals surface area contributed by atoms with E-state index in [9.17, 15) is 4.79 Å². The van der Waals surface area contributed by atoms with Crippen molar-refractivity contribution in [1.82, 2.24) is 0 Å². The van der Waals surface area contributed by atoms with Crippen molar-refractivity contribution >= 4 is 21.7 Å². The van der Waals surface area contributed by atoms with Crippen LogP contribution < -0.4 is 4.74 Å². The molecule has 1 unspecified atom stereocenters. The fourth-order valence-electron chi connectivity index (χ4n) is 2.90. The van der Waals surface area contributed by atoms with Gasteiger partial charge in [-0.05, 0) is 43.4 Å². The highest BCUT2D eigenvalue weighted by molar-refractivity contribution is 9.10. The van der Waals surface area contributed by atoms with Gasteiger partial charge in [-0.1, -0.05) is 15.9 Å². The molecule has 0 radical (unpaired) electrons. The summed E-state index contributed by atoms with van der Waals surface area (Å²) in [5.41, 5.74) is 2.30. The Morgan fingerprint density at radius 3 is 3.00 bits per heavy atom. The molecular formula is C16H19BrO3. The van der Waals surface area contributed by atoms with E-state index in [1.54, 1.807) is 0 Å². The third-order valence-corrected chi connectivity index (χ3v) is 4.47. The lowest BCUT2D eigenvalue weighted by molar-refractivity contribution is -0.118. The smallest absolute Gasteiger partial charge is 0.137 e. The number of aryl methyl sites for hydroxylation is 1. The second-order valence-corrected chi connectivity index (χ2v) is 6.47. The Morgan fingerprint density at radius 1 is 1.30 bits per heavy atom. The molecule has 3 nitrogen and oxygen atoms in total. The van der Waals surface area contributed by atoms with Crippen LogP contribution in [0.4, 0.5) is 0 Å². The molecule has 0 spiro atoms. The molecule has 1 aromatic carbocycles. The average Bonchev–Trinajstić information content (AvgIpc) is 2.46. The van der Waals surface area contributed by atoms with E-state index < -0.39 is 0 Å². The van der Waals surface area contributed by atoms with Crippen molar-refractivity contribution in [2.75, 3.05) is 13.2 Å². The SMILES string of the molecule is O=C1CCc2cc(Br)cc(OCC3CCCCO3)c2C1. The summed E-state index contributed by atoms with van der Waals surface area (Å²) in [6.07, 6.45) is 5.59. The number of carbonyl (C=O) groups is 1. The highest BCUT2D eigenvalue weighted by Crippen LogP contribution is 2.32. The van der Waals surface area contributed by atoms with Gasteiger partial charge in [0.2, 0.25) is 0 Å². The van der Waals surface area contributed by atoms with Gasteiger partial charge in [0.1, 0.15) is 18.1 Å². The molecule has 0 amide bonds. The molecule has 1 saturated heterocycles. The second-order valence-electron chi connectivity index (χ2n) is 5.56. The lowest BCUT2D eigenvalue weighted by Crippen LogP contribution is -2.26. The van der Waals surface area contributed by atoms with Gasteiger partial charge >= 0.3 is 0 Å².